The van der Waals surface area contributed by atoms with Crippen LogP contribution in [0.3, 0.4) is 0 Å². The number of anilines is 2. The molecule has 1 fully saturated rings. The monoisotopic (exact) mass is 572 g/mol. The van der Waals surface area contributed by atoms with Gasteiger partial charge in [0.2, 0.25) is 0 Å². The minimum Gasteiger partial charge on any atom is -0.493 e. The largest absolute Gasteiger partial charge is 0.493 e. The number of rotatable bonds is 10. The molecule has 0 bridgehead atoms. The fraction of sp³-hybridized carbons (Fsp3) is 0.273. The van der Waals surface area contributed by atoms with E-state index in [1.165, 1.54) is 18.9 Å². The number of hydrogen-bond acceptors (Lipinski definition) is 5. The highest BCUT2D eigenvalue weighted by Gasteiger charge is 2.31. The van der Waals surface area contributed by atoms with Gasteiger partial charge in [-0.25, -0.2) is 0 Å². The molecule has 5 rings (SSSR count). The van der Waals surface area contributed by atoms with Gasteiger partial charge in [-0.05, 0) is 85.7 Å². The first kappa shape index (κ1) is 29.0. The lowest BCUT2D eigenvalue weighted by Gasteiger charge is -2.27. The standard InChI is InChI=1S/C33H31F3N4O2/c1-21(33(34,35)36)16-29(39-26-10-2-6-23(17-26)19-37)32(41)40-27-11-3-8-25(18-27)30(38-20-22-13-14-22)28-12-4-7-24-9-5-15-42-31(24)28/h2-4,6-8,10-12,16-18,22,30,38-39H,1,5,9,13-15,20H2,(H,40,41)/b29-16-. The topological polar surface area (TPSA) is 86.2 Å². The summed E-state index contributed by atoms with van der Waals surface area (Å²) >= 11 is 0. The van der Waals surface area contributed by atoms with Crippen LogP contribution in [0.25, 0.3) is 0 Å². The Morgan fingerprint density at radius 2 is 1.81 bits per heavy atom. The number of hydrogen-bond donors (Lipinski definition) is 3. The highest BCUT2D eigenvalue weighted by molar-refractivity contribution is 6.06. The van der Waals surface area contributed by atoms with E-state index in [0.717, 1.165) is 41.8 Å². The predicted molar refractivity (Wildman–Crippen MR) is 156 cm³/mol. The number of nitriles is 1. The Morgan fingerprint density at radius 3 is 2.55 bits per heavy atom. The van der Waals surface area contributed by atoms with E-state index in [9.17, 15) is 23.2 Å². The lowest BCUT2D eigenvalue weighted by atomic mass is 9.93. The van der Waals surface area contributed by atoms with Gasteiger partial charge in [0.1, 0.15) is 11.4 Å². The zero-order valence-electron chi connectivity index (χ0n) is 22.9. The highest BCUT2D eigenvalue weighted by atomic mass is 19.4. The maximum Gasteiger partial charge on any atom is 0.415 e. The van der Waals surface area contributed by atoms with Crippen LogP contribution >= 0.6 is 0 Å². The van der Waals surface area contributed by atoms with Crippen molar-refractivity contribution in [2.45, 2.75) is 37.9 Å². The minimum absolute atomic E-state index is 0.206. The van der Waals surface area contributed by atoms with Gasteiger partial charge >= 0.3 is 6.18 Å². The first-order chi connectivity index (χ1) is 20.2. The molecule has 0 spiro atoms. The Labute approximate surface area is 242 Å². The molecule has 3 N–H and O–H groups in total. The number of amides is 1. The number of carbonyl (C=O) groups excluding carboxylic acids is 1. The molecule has 1 heterocycles. The van der Waals surface area contributed by atoms with Crippen molar-refractivity contribution in [1.29, 1.82) is 5.26 Å². The summed E-state index contributed by atoms with van der Waals surface area (Å²) in [6.07, 6.45) is 0.204. The number of ether oxygens (including phenoxy) is 1. The van der Waals surface area contributed by atoms with E-state index in [1.54, 1.807) is 30.3 Å². The van der Waals surface area contributed by atoms with Crippen LogP contribution in [0.15, 0.2) is 90.7 Å². The van der Waals surface area contributed by atoms with Gasteiger partial charge in [-0.1, -0.05) is 43.0 Å². The van der Waals surface area contributed by atoms with Crippen molar-refractivity contribution >= 4 is 17.3 Å². The van der Waals surface area contributed by atoms with Crippen molar-refractivity contribution < 1.29 is 22.7 Å². The van der Waals surface area contributed by atoms with E-state index < -0.39 is 17.7 Å². The third kappa shape index (κ3) is 7.20. The molecule has 9 heteroatoms. The number of halogens is 3. The molecular weight excluding hydrogens is 541 g/mol. The van der Waals surface area contributed by atoms with Crippen molar-refractivity contribution in [2.75, 3.05) is 23.8 Å². The Balaban J connectivity index is 1.43. The van der Waals surface area contributed by atoms with E-state index in [4.69, 9.17) is 4.74 Å². The molecule has 0 radical (unpaired) electrons. The Hall–Kier alpha value is -4.55. The van der Waals surface area contributed by atoms with Gasteiger partial charge in [0.25, 0.3) is 5.91 Å². The van der Waals surface area contributed by atoms with Crippen LogP contribution in [0.2, 0.25) is 0 Å². The SMILES string of the molecule is C=C(/C=C(\Nc1cccc(C#N)c1)C(=O)Nc1cccc(C(NCC2CC2)c2cccc3c2OCCC3)c1)C(F)(F)F. The molecule has 0 aromatic heterocycles. The highest BCUT2D eigenvalue weighted by Crippen LogP contribution is 2.37. The number of carbonyl (C=O) groups is 1. The van der Waals surface area contributed by atoms with Gasteiger partial charge in [0.05, 0.1) is 29.9 Å². The molecule has 1 atom stereocenters. The van der Waals surface area contributed by atoms with E-state index in [1.807, 2.05) is 30.3 Å². The summed E-state index contributed by atoms with van der Waals surface area (Å²) in [4.78, 5) is 13.3. The van der Waals surface area contributed by atoms with Gasteiger partial charge in [0, 0.05) is 16.9 Å². The normalized spacial score (nSPS) is 15.5. The molecule has 3 aromatic carbocycles. The van der Waals surface area contributed by atoms with Crippen molar-refractivity contribution in [3.05, 3.63) is 113 Å². The van der Waals surface area contributed by atoms with Crippen LogP contribution in [0.1, 0.15) is 47.6 Å². The quantitative estimate of drug-likeness (QED) is 0.180. The predicted octanol–water partition coefficient (Wildman–Crippen LogP) is 7.03. The minimum atomic E-state index is -4.72. The van der Waals surface area contributed by atoms with Gasteiger partial charge < -0.3 is 20.7 Å². The summed E-state index contributed by atoms with van der Waals surface area (Å²) in [5, 5.41) is 18.3. The molecule has 1 unspecified atom stereocenters. The second-order valence-corrected chi connectivity index (χ2v) is 10.6. The third-order valence-electron chi connectivity index (χ3n) is 7.26. The number of aryl methyl sites for hydroxylation is 1. The molecule has 42 heavy (non-hydrogen) atoms. The fourth-order valence-electron chi connectivity index (χ4n) is 4.89. The summed E-state index contributed by atoms with van der Waals surface area (Å²) in [6.45, 7) is 4.57. The number of alkyl halides is 3. The Bertz CT molecular complexity index is 1550. The molecule has 1 aliphatic heterocycles. The number of benzene rings is 3. The maximum absolute atomic E-state index is 13.4. The Kier molecular flexibility index (Phi) is 8.64. The number of allylic oxidation sites excluding steroid dienone is 2. The molecule has 2 aliphatic rings. The Morgan fingerprint density at radius 1 is 1.07 bits per heavy atom. The molecular formula is C33H31F3N4O2. The first-order valence-corrected chi connectivity index (χ1v) is 13.9. The zero-order chi connectivity index (χ0) is 29.7. The molecule has 216 valence electrons. The van der Waals surface area contributed by atoms with Gasteiger partial charge in [-0.3, -0.25) is 4.79 Å². The third-order valence-corrected chi connectivity index (χ3v) is 7.26. The first-order valence-electron chi connectivity index (χ1n) is 13.9. The summed E-state index contributed by atoms with van der Waals surface area (Å²) < 4.78 is 46.1. The molecule has 0 saturated heterocycles. The van der Waals surface area contributed by atoms with Gasteiger partial charge in [-0.2, -0.15) is 18.4 Å². The van der Waals surface area contributed by atoms with Crippen LogP contribution in [0, 0.1) is 17.2 Å². The summed E-state index contributed by atoms with van der Waals surface area (Å²) in [5.41, 5.74) is 2.49. The summed E-state index contributed by atoms with van der Waals surface area (Å²) in [6, 6.07) is 21.3. The molecule has 1 saturated carbocycles. The van der Waals surface area contributed by atoms with Crippen molar-refractivity contribution in [2.24, 2.45) is 5.92 Å². The number of fused-ring (bicyclic) bond motifs is 1. The molecule has 1 amide bonds. The van der Waals surface area contributed by atoms with Crippen LogP contribution in [-0.2, 0) is 11.2 Å². The van der Waals surface area contributed by atoms with E-state index in [2.05, 4.69) is 28.6 Å². The van der Waals surface area contributed by atoms with Crippen molar-refractivity contribution in [1.82, 2.24) is 5.32 Å². The molecule has 1 aliphatic carbocycles. The smallest absolute Gasteiger partial charge is 0.415 e. The molecule has 6 nitrogen and oxygen atoms in total. The summed E-state index contributed by atoms with van der Waals surface area (Å²) in [5.74, 6) is 0.713. The lowest BCUT2D eigenvalue weighted by Crippen LogP contribution is -2.26. The van der Waals surface area contributed by atoms with Crippen LogP contribution in [0.4, 0.5) is 24.5 Å². The molecule has 3 aromatic rings. The summed E-state index contributed by atoms with van der Waals surface area (Å²) in [7, 11) is 0. The van der Waals surface area contributed by atoms with Crippen molar-refractivity contribution in [3.63, 3.8) is 0 Å². The second-order valence-electron chi connectivity index (χ2n) is 10.6. The van der Waals surface area contributed by atoms with Gasteiger partial charge in [0.15, 0.2) is 0 Å². The van der Waals surface area contributed by atoms with Crippen LogP contribution in [0.5, 0.6) is 5.75 Å². The number of nitrogens with one attached hydrogen (secondary N) is 3. The number of para-hydroxylation sites is 1. The van der Waals surface area contributed by atoms with E-state index in [0.29, 0.717) is 29.9 Å². The fourth-order valence-corrected chi connectivity index (χ4v) is 4.89. The maximum atomic E-state index is 13.4. The van der Waals surface area contributed by atoms with Crippen LogP contribution < -0.4 is 20.7 Å². The second kappa shape index (κ2) is 12.5. The lowest BCUT2D eigenvalue weighted by molar-refractivity contribution is -0.112. The number of nitrogens with zero attached hydrogens (tertiary/aromatic N) is 1. The van der Waals surface area contributed by atoms with E-state index in [-0.39, 0.29) is 17.4 Å². The average molecular weight is 573 g/mol. The van der Waals surface area contributed by atoms with Crippen LogP contribution in [-0.4, -0.2) is 25.2 Å². The average Bonchev–Trinajstić information content (AvgIpc) is 3.81. The van der Waals surface area contributed by atoms with E-state index >= 15 is 0 Å². The zero-order valence-corrected chi connectivity index (χ0v) is 22.9. The van der Waals surface area contributed by atoms with Crippen molar-refractivity contribution in [3.8, 4) is 11.8 Å². The van der Waals surface area contributed by atoms with Gasteiger partial charge in [-0.15, -0.1) is 0 Å².